The molecule has 0 saturated carbocycles. The first kappa shape index (κ1) is 18.5. The Morgan fingerprint density at radius 2 is 1.73 bits per heavy atom. The molecule has 0 bridgehead atoms. The lowest BCUT2D eigenvalue weighted by Gasteiger charge is -2.32. The van der Waals surface area contributed by atoms with Crippen LogP contribution in [0.2, 0.25) is 0 Å². The lowest BCUT2D eigenvalue weighted by atomic mass is 10.1. The average Bonchev–Trinajstić information content (AvgIpc) is 3.24. The van der Waals surface area contributed by atoms with Crippen molar-refractivity contribution in [3.63, 3.8) is 0 Å². The number of hydrogen-bond donors (Lipinski definition) is 0. The number of carbonyl (C=O) groups excluding carboxylic acids is 1. The summed E-state index contributed by atoms with van der Waals surface area (Å²) in [4.78, 5) is 14.6. The van der Waals surface area contributed by atoms with Crippen molar-refractivity contribution in [1.29, 1.82) is 0 Å². The third-order valence-electron chi connectivity index (χ3n) is 5.47. The summed E-state index contributed by atoms with van der Waals surface area (Å²) in [7, 11) is 0. The monoisotopic (exact) mass is 398 g/mol. The van der Waals surface area contributed by atoms with Crippen molar-refractivity contribution in [3.8, 4) is 11.1 Å². The predicted octanol–water partition coefficient (Wildman–Crippen LogP) is 3.54. The van der Waals surface area contributed by atoms with Gasteiger partial charge in [0, 0.05) is 18.3 Å². The van der Waals surface area contributed by atoms with Crippen LogP contribution < -0.4 is 0 Å². The summed E-state index contributed by atoms with van der Waals surface area (Å²) < 4.78 is 7.75. The number of hydrogen-bond acceptors (Lipinski definition) is 4. The van der Waals surface area contributed by atoms with Crippen LogP contribution in [0.4, 0.5) is 0 Å². The molecule has 1 fully saturated rings. The highest BCUT2D eigenvalue weighted by Gasteiger charge is 2.28. The molecule has 1 aliphatic heterocycles. The van der Waals surface area contributed by atoms with Crippen molar-refractivity contribution >= 4 is 11.4 Å². The Labute approximate surface area is 174 Å². The van der Waals surface area contributed by atoms with E-state index in [-0.39, 0.29) is 12.0 Å². The number of carbonyl (C=O) groups is 1. The summed E-state index contributed by atoms with van der Waals surface area (Å²) in [6.07, 6.45) is 2.09. The Balaban J connectivity index is 1.35. The van der Waals surface area contributed by atoms with Gasteiger partial charge in [-0.25, -0.2) is 4.52 Å². The zero-order chi connectivity index (χ0) is 20.3. The number of benzene rings is 2. The predicted molar refractivity (Wildman–Crippen MR) is 114 cm³/mol. The smallest absolute Gasteiger partial charge is 0.227 e. The molecule has 2 aromatic heterocycles. The normalized spacial score (nSPS) is 16.7. The highest BCUT2D eigenvalue weighted by Crippen LogP contribution is 2.27. The molecule has 1 aliphatic rings. The van der Waals surface area contributed by atoms with Gasteiger partial charge in [-0.3, -0.25) is 4.79 Å². The van der Waals surface area contributed by atoms with Gasteiger partial charge in [-0.15, -0.1) is 5.10 Å². The van der Waals surface area contributed by atoms with Gasteiger partial charge in [-0.2, -0.15) is 0 Å². The molecule has 5 rings (SSSR count). The van der Waals surface area contributed by atoms with E-state index in [1.54, 1.807) is 4.52 Å². The van der Waals surface area contributed by atoms with Crippen LogP contribution >= 0.6 is 0 Å². The highest BCUT2D eigenvalue weighted by molar-refractivity contribution is 5.79. The molecule has 0 aliphatic carbocycles. The largest absolute Gasteiger partial charge is 0.368 e. The van der Waals surface area contributed by atoms with Gasteiger partial charge in [0.05, 0.1) is 25.1 Å². The zero-order valence-electron chi connectivity index (χ0n) is 16.5. The van der Waals surface area contributed by atoms with E-state index in [1.165, 1.54) is 0 Å². The number of ether oxygens (including phenoxy) is 1. The fourth-order valence-corrected chi connectivity index (χ4v) is 3.87. The topological polar surface area (TPSA) is 59.7 Å². The standard InChI is InChI=1S/C24H22N4O2/c29-23(15-18-7-3-1-4-8-18)27-13-14-30-22(17-27)24-21-12-11-20(16-28(21)26-25-24)19-9-5-2-6-10-19/h1-12,16,22H,13-15,17H2/t22-/m0/s1. The minimum atomic E-state index is -0.279. The van der Waals surface area contributed by atoms with Crippen LogP contribution in [-0.2, 0) is 16.0 Å². The second-order valence-electron chi connectivity index (χ2n) is 7.45. The van der Waals surface area contributed by atoms with Gasteiger partial charge in [0.2, 0.25) is 5.91 Å². The Hall–Kier alpha value is -3.51. The molecular weight excluding hydrogens is 376 g/mol. The van der Waals surface area contributed by atoms with Crippen molar-refractivity contribution in [3.05, 3.63) is 90.3 Å². The molecule has 6 nitrogen and oxygen atoms in total. The number of rotatable bonds is 4. The van der Waals surface area contributed by atoms with Gasteiger partial charge in [0.25, 0.3) is 0 Å². The van der Waals surface area contributed by atoms with Crippen LogP contribution in [0.1, 0.15) is 17.4 Å². The molecule has 1 amide bonds. The van der Waals surface area contributed by atoms with Gasteiger partial charge in [0.1, 0.15) is 11.8 Å². The number of pyridine rings is 1. The maximum atomic E-state index is 12.8. The number of nitrogens with zero attached hydrogens (tertiary/aromatic N) is 4. The Bertz CT molecular complexity index is 1160. The third-order valence-corrected chi connectivity index (χ3v) is 5.47. The van der Waals surface area contributed by atoms with E-state index in [0.717, 1.165) is 27.9 Å². The molecule has 0 radical (unpaired) electrons. The van der Waals surface area contributed by atoms with Crippen LogP contribution in [0.3, 0.4) is 0 Å². The van der Waals surface area contributed by atoms with Crippen LogP contribution in [0, 0.1) is 0 Å². The molecule has 2 aromatic carbocycles. The number of fused-ring (bicyclic) bond motifs is 1. The number of aromatic nitrogens is 3. The fourth-order valence-electron chi connectivity index (χ4n) is 3.87. The van der Waals surface area contributed by atoms with Gasteiger partial charge in [0.15, 0.2) is 0 Å². The van der Waals surface area contributed by atoms with Gasteiger partial charge < -0.3 is 9.64 Å². The first-order valence-corrected chi connectivity index (χ1v) is 10.1. The van der Waals surface area contributed by atoms with E-state index in [9.17, 15) is 4.79 Å². The molecule has 4 aromatic rings. The molecule has 6 heteroatoms. The van der Waals surface area contributed by atoms with E-state index >= 15 is 0 Å². The Kier molecular flexibility index (Phi) is 4.99. The second kappa shape index (κ2) is 8.08. The Morgan fingerprint density at radius 1 is 0.967 bits per heavy atom. The van der Waals surface area contributed by atoms with E-state index in [1.807, 2.05) is 65.7 Å². The van der Waals surface area contributed by atoms with Crippen molar-refractivity contribution < 1.29 is 9.53 Å². The maximum absolute atomic E-state index is 12.8. The molecule has 0 N–H and O–H groups in total. The lowest BCUT2D eigenvalue weighted by molar-refractivity contribution is -0.138. The molecule has 1 atom stereocenters. The van der Waals surface area contributed by atoms with E-state index in [0.29, 0.717) is 26.1 Å². The summed E-state index contributed by atoms with van der Waals surface area (Å²) in [5.41, 5.74) is 4.89. The van der Waals surface area contributed by atoms with Gasteiger partial charge >= 0.3 is 0 Å². The van der Waals surface area contributed by atoms with Crippen LogP contribution in [0.5, 0.6) is 0 Å². The first-order chi connectivity index (χ1) is 14.8. The summed E-state index contributed by atoms with van der Waals surface area (Å²) >= 11 is 0. The van der Waals surface area contributed by atoms with E-state index < -0.39 is 0 Å². The SMILES string of the molecule is O=C(Cc1ccccc1)N1CCO[C@H](c2nnn3cc(-c4ccccc4)ccc23)C1. The summed E-state index contributed by atoms with van der Waals surface area (Å²) in [6.45, 7) is 1.58. The summed E-state index contributed by atoms with van der Waals surface area (Å²) in [5, 5.41) is 8.68. The van der Waals surface area contributed by atoms with Crippen molar-refractivity contribution in [1.82, 2.24) is 19.7 Å². The van der Waals surface area contributed by atoms with Crippen LogP contribution in [0.25, 0.3) is 16.6 Å². The molecule has 0 unspecified atom stereocenters. The minimum absolute atomic E-state index is 0.109. The van der Waals surface area contributed by atoms with Crippen molar-refractivity contribution in [2.75, 3.05) is 19.7 Å². The van der Waals surface area contributed by atoms with Gasteiger partial charge in [-0.1, -0.05) is 71.9 Å². The Morgan fingerprint density at radius 3 is 2.53 bits per heavy atom. The second-order valence-corrected chi connectivity index (χ2v) is 7.45. The number of morpholine rings is 1. The maximum Gasteiger partial charge on any atom is 0.227 e. The molecule has 3 heterocycles. The molecular formula is C24H22N4O2. The minimum Gasteiger partial charge on any atom is -0.368 e. The molecule has 150 valence electrons. The third kappa shape index (κ3) is 3.69. The van der Waals surface area contributed by atoms with Crippen LogP contribution in [0.15, 0.2) is 79.0 Å². The average molecular weight is 398 g/mol. The highest BCUT2D eigenvalue weighted by atomic mass is 16.5. The number of amides is 1. The fraction of sp³-hybridized carbons (Fsp3) is 0.208. The summed E-state index contributed by atoms with van der Waals surface area (Å²) in [5.74, 6) is 0.109. The summed E-state index contributed by atoms with van der Waals surface area (Å²) in [6, 6.07) is 24.1. The first-order valence-electron chi connectivity index (χ1n) is 10.1. The molecule has 1 saturated heterocycles. The quantitative estimate of drug-likeness (QED) is 0.528. The van der Waals surface area contributed by atoms with Crippen molar-refractivity contribution in [2.45, 2.75) is 12.5 Å². The molecule has 30 heavy (non-hydrogen) atoms. The van der Waals surface area contributed by atoms with Crippen LogP contribution in [-0.4, -0.2) is 45.3 Å². The van der Waals surface area contributed by atoms with E-state index in [4.69, 9.17) is 4.74 Å². The van der Waals surface area contributed by atoms with Gasteiger partial charge in [-0.05, 0) is 17.2 Å². The zero-order valence-corrected chi connectivity index (χ0v) is 16.5. The van der Waals surface area contributed by atoms with E-state index in [2.05, 4.69) is 28.5 Å². The molecule has 0 spiro atoms. The van der Waals surface area contributed by atoms with Crippen molar-refractivity contribution in [2.24, 2.45) is 0 Å². The lowest BCUT2D eigenvalue weighted by Crippen LogP contribution is -2.43.